The van der Waals surface area contributed by atoms with Gasteiger partial charge in [0.2, 0.25) is 0 Å². The lowest BCUT2D eigenvalue weighted by molar-refractivity contribution is -0.141. The molecule has 134 valence electrons. The molecule has 4 nitrogen and oxygen atoms in total. The average Bonchev–Trinajstić information content (AvgIpc) is 3.13. The quantitative estimate of drug-likeness (QED) is 0.469. The van der Waals surface area contributed by atoms with Crippen molar-refractivity contribution in [3.8, 4) is 10.7 Å². The maximum Gasteiger partial charge on any atom is 0.316 e. The van der Waals surface area contributed by atoms with Crippen LogP contribution in [0.2, 0.25) is 10.0 Å². The maximum absolute atomic E-state index is 11.9. The van der Waals surface area contributed by atoms with Crippen LogP contribution in [0.5, 0.6) is 0 Å². The zero-order chi connectivity index (χ0) is 18.4. The third-order valence-electron chi connectivity index (χ3n) is 3.29. The minimum atomic E-state index is -0.276. The van der Waals surface area contributed by atoms with Crippen LogP contribution in [0.25, 0.3) is 10.7 Å². The first kappa shape index (κ1) is 19.2. The van der Waals surface area contributed by atoms with E-state index < -0.39 is 0 Å². The lowest BCUT2D eigenvalue weighted by Crippen LogP contribution is -2.07. The zero-order valence-corrected chi connectivity index (χ0v) is 16.7. The van der Waals surface area contributed by atoms with Gasteiger partial charge in [-0.1, -0.05) is 35.3 Å². The van der Waals surface area contributed by atoms with Crippen molar-refractivity contribution in [3.63, 3.8) is 0 Å². The molecule has 0 saturated carbocycles. The van der Waals surface area contributed by atoms with E-state index in [1.165, 1.54) is 23.1 Å². The molecule has 0 aliphatic rings. The molecule has 26 heavy (non-hydrogen) atoms. The van der Waals surface area contributed by atoms with Gasteiger partial charge in [-0.3, -0.25) is 9.78 Å². The summed E-state index contributed by atoms with van der Waals surface area (Å²) >= 11 is 14.8. The normalized spacial score (nSPS) is 10.7. The van der Waals surface area contributed by atoms with Crippen molar-refractivity contribution in [2.45, 2.75) is 12.4 Å². The molecule has 0 fully saturated rings. The first-order chi connectivity index (χ1) is 12.6. The minimum absolute atomic E-state index is 0.162. The highest BCUT2D eigenvalue weighted by molar-refractivity contribution is 7.99. The van der Waals surface area contributed by atoms with Gasteiger partial charge in [-0.05, 0) is 29.8 Å². The molecule has 0 bridgehead atoms. The standard InChI is InChI=1S/C18H14Cl2N2O2S2/c19-14-5-4-12(7-15(14)20)9-25-11-17(23)24-8-13-10-26-18(22-13)16-3-1-2-6-21-16/h1-7,10H,8-9,11H2. The lowest BCUT2D eigenvalue weighted by Gasteiger charge is -2.04. The molecule has 0 atom stereocenters. The van der Waals surface area contributed by atoms with E-state index in [4.69, 9.17) is 27.9 Å². The van der Waals surface area contributed by atoms with Crippen molar-refractivity contribution in [3.05, 3.63) is 69.3 Å². The van der Waals surface area contributed by atoms with E-state index >= 15 is 0 Å². The highest BCUT2D eigenvalue weighted by atomic mass is 35.5. The second-order valence-electron chi connectivity index (χ2n) is 5.26. The van der Waals surface area contributed by atoms with Crippen LogP contribution in [0.3, 0.4) is 0 Å². The number of rotatable bonds is 7. The molecule has 0 N–H and O–H groups in total. The zero-order valence-electron chi connectivity index (χ0n) is 13.5. The number of nitrogens with zero attached hydrogens (tertiary/aromatic N) is 2. The molecule has 3 rings (SSSR count). The van der Waals surface area contributed by atoms with E-state index in [-0.39, 0.29) is 18.3 Å². The number of hydrogen-bond acceptors (Lipinski definition) is 6. The summed E-state index contributed by atoms with van der Waals surface area (Å²) in [7, 11) is 0. The van der Waals surface area contributed by atoms with Gasteiger partial charge in [0.25, 0.3) is 0 Å². The number of thiazole rings is 1. The first-order valence-corrected chi connectivity index (χ1v) is 10.4. The number of carbonyl (C=O) groups excluding carboxylic acids is 1. The molecule has 0 unspecified atom stereocenters. The van der Waals surface area contributed by atoms with E-state index in [0.29, 0.717) is 15.8 Å². The fourth-order valence-electron chi connectivity index (χ4n) is 2.06. The summed E-state index contributed by atoms with van der Waals surface area (Å²) in [6.07, 6.45) is 1.72. The molecule has 0 radical (unpaired) electrons. The second-order valence-corrected chi connectivity index (χ2v) is 7.92. The van der Waals surface area contributed by atoms with Gasteiger partial charge >= 0.3 is 5.97 Å². The number of hydrogen-bond donors (Lipinski definition) is 0. The van der Waals surface area contributed by atoms with Crippen molar-refractivity contribution in [1.29, 1.82) is 0 Å². The fourth-order valence-corrected chi connectivity index (χ4v) is 3.93. The number of thioether (sulfide) groups is 1. The van der Waals surface area contributed by atoms with E-state index in [9.17, 15) is 4.79 Å². The molecule has 0 saturated heterocycles. The molecule has 0 aliphatic carbocycles. The van der Waals surface area contributed by atoms with Crippen LogP contribution in [0, 0.1) is 0 Å². The molecule has 2 heterocycles. The first-order valence-electron chi connectivity index (χ1n) is 7.65. The Morgan fingerprint density at radius 2 is 2.08 bits per heavy atom. The molecule has 0 aliphatic heterocycles. The summed E-state index contributed by atoms with van der Waals surface area (Å²) in [6, 6.07) is 11.1. The van der Waals surface area contributed by atoms with Crippen molar-refractivity contribution >= 4 is 52.3 Å². The Balaban J connectivity index is 1.43. The number of aromatic nitrogens is 2. The van der Waals surface area contributed by atoms with Crippen LogP contribution in [-0.2, 0) is 21.9 Å². The van der Waals surface area contributed by atoms with Crippen LogP contribution in [-0.4, -0.2) is 21.7 Å². The van der Waals surface area contributed by atoms with Crippen molar-refractivity contribution in [1.82, 2.24) is 9.97 Å². The fraction of sp³-hybridized carbons (Fsp3) is 0.167. The van der Waals surface area contributed by atoms with Gasteiger partial charge in [-0.15, -0.1) is 23.1 Å². The van der Waals surface area contributed by atoms with Crippen molar-refractivity contribution < 1.29 is 9.53 Å². The SMILES string of the molecule is O=C(CSCc1ccc(Cl)c(Cl)c1)OCc1csc(-c2ccccn2)n1. The number of benzene rings is 1. The number of ether oxygens (including phenoxy) is 1. The van der Waals surface area contributed by atoms with Crippen molar-refractivity contribution in [2.75, 3.05) is 5.75 Å². The second kappa shape index (κ2) is 9.37. The molecule has 8 heteroatoms. The highest BCUT2D eigenvalue weighted by Gasteiger charge is 2.09. The highest BCUT2D eigenvalue weighted by Crippen LogP contribution is 2.25. The molecular weight excluding hydrogens is 411 g/mol. The molecular formula is C18H14Cl2N2O2S2. The Kier molecular flexibility index (Phi) is 6.91. The van der Waals surface area contributed by atoms with Gasteiger partial charge in [0.15, 0.2) is 0 Å². The molecule has 1 aromatic carbocycles. The third-order valence-corrected chi connectivity index (χ3v) is 5.92. The third kappa shape index (κ3) is 5.45. The Morgan fingerprint density at radius 3 is 2.85 bits per heavy atom. The summed E-state index contributed by atoms with van der Waals surface area (Å²) in [5, 5.41) is 3.72. The van der Waals surface area contributed by atoms with Gasteiger partial charge in [0.1, 0.15) is 11.6 Å². The predicted octanol–water partition coefficient (Wildman–Crippen LogP) is 5.49. The van der Waals surface area contributed by atoms with E-state index in [2.05, 4.69) is 9.97 Å². The van der Waals surface area contributed by atoms with Crippen LogP contribution < -0.4 is 0 Å². The van der Waals surface area contributed by atoms with Gasteiger partial charge in [-0.25, -0.2) is 4.98 Å². The van der Waals surface area contributed by atoms with E-state index in [0.717, 1.165) is 22.0 Å². The van der Waals surface area contributed by atoms with Crippen LogP contribution in [0.15, 0.2) is 48.0 Å². The Morgan fingerprint density at radius 1 is 1.19 bits per heavy atom. The smallest absolute Gasteiger partial charge is 0.316 e. The summed E-state index contributed by atoms with van der Waals surface area (Å²) in [4.78, 5) is 20.6. The van der Waals surface area contributed by atoms with Gasteiger partial charge < -0.3 is 4.74 Å². The number of pyridine rings is 1. The Bertz CT molecular complexity index is 888. The molecule has 2 aromatic heterocycles. The van der Waals surface area contributed by atoms with E-state index in [1.54, 1.807) is 18.3 Å². The number of halogens is 2. The largest absolute Gasteiger partial charge is 0.459 e. The van der Waals surface area contributed by atoms with Gasteiger partial charge in [0.05, 0.1) is 27.2 Å². The maximum atomic E-state index is 11.9. The van der Waals surface area contributed by atoms with Gasteiger partial charge in [-0.2, -0.15) is 0 Å². The average molecular weight is 425 g/mol. The Labute approximate surface area is 169 Å². The van der Waals surface area contributed by atoms with Crippen LogP contribution in [0.1, 0.15) is 11.3 Å². The van der Waals surface area contributed by atoms with Crippen LogP contribution >= 0.6 is 46.3 Å². The number of carbonyl (C=O) groups is 1. The summed E-state index contributed by atoms with van der Waals surface area (Å²) < 4.78 is 5.27. The monoisotopic (exact) mass is 424 g/mol. The molecule has 3 aromatic rings. The van der Waals surface area contributed by atoms with E-state index in [1.807, 2.05) is 29.6 Å². The predicted molar refractivity (Wildman–Crippen MR) is 108 cm³/mol. The Hall–Kier alpha value is -1.60. The topological polar surface area (TPSA) is 52.1 Å². The molecule has 0 spiro atoms. The summed E-state index contributed by atoms with van der Waals surface area (Å²) in [6.45, 7) is 0.162. The summed E-state index contributed by atoms with van der Waals surface area (Å²) in [5.74, 6) is 0.645. The number of esters is 1. The van der Waals surface area contributed by atoms with Gasteiger partial charge in [0, 0.05) is 17.3 Å². The minimum Gasteiger partial charge on any atom is -0.459 e. The van der Waals surface area contributed by atoms with Crippen LogP contribution in [0.4, 0.5) is 0 Å². The molecule has 0 amide bonds. The summed E-state index contributed by atoms with van der Waals surface area (Å²) in [5.41, 5.74) is 2.54. The van der Waals surface area contributed by atoms with Crippen molar-refractivity contribution in [2.24, 2.45) is 0 Å². The lowest BCUT2D eigenvalue weighted by atomic mass is 10.2.